The second kappa shape index (κ2) is 7.97. The number of hydrogen-bond acceptors (Lipinski definition) is 2. The van der Waals surface area contributed by atoms with Crippen LogP contribution < -0.4 is 5.32 Å². The first-order valence-electron chi connectivity index (χ1n) is 8.20. The third kappa shape index (κ3) is 4.58. The van der Waals surface area contributed by atoms with Gasteiger partial charge in [0.2, 0.25) is 11.8 Å². The lowest BCUT2D eigenvalue weighted by molar-refractivity contribution is -0.138. The van der Waals surface area contributed by atoms with E-state index in [-0.39, 0.29) is 17.7 Å². The van der Waals surface area contributed by atoms with E-state index < -0.39 is 6.04 Å². The molecule has 1 fully saturated rings. The van der Waals surface area contributed by atoms with Crippen molar-refractivity contribution in [1.82, 2.24) is 10.2 Å². The Morgan fingerprint density at radius 3 is 2.32 bits per heavy atom. The fourth-order valence-electron chi connectivity index (χ4n) is 2.83. The average Bonchev–Trinajstić information content (AvgIpc) is 2.53. The number of hydrogen-bond donors (Lipinski definition) is 1. The summed E-state index contributed by atoms with van der Waals surface area (Å²) in [4.78, 5) is 26.8. The van der Waals surface area contributed by atoms with Crippen LogP contribution in [0.25, 0.3) is 0 Å². The summed E-state index contributed by atoms with van der Waals surface area (Å²) in [7, 11) is 0. The van der Waals surface area contributed by atoms with Gasteiger partial charge in [0.25, 0.3) is 0 Å². The normalized spacial score (nSPS) is 16.4. The molecule has 0 bridgehead atoms. The molecule has 0 radical (unpaired) electrons. The number of nitrogens with zero attached hydrogens (tertiary/aromatic N) is 1. The van der Waals surface area contributed by atoms with E-state index in [4.69, 9.17) is 0 Å². The second-order valence-electron chi connectivity index (χ2n) is 6.34. The summed E-state index contributed by atoms with van der Waals surface area (Å²) >= 11 is 0. The smallest absolute Gasteiger partial charge is 0.245 e. The van der Waals surface area contributed by atoms with E-state index in [9.17, 15) is 9.59 Å². The number of nitrogens with one attached hydrogen (secondary N) is 1. The van der Waals surface area contributed by atoms with Gasteiger partial charge in [-0.15, -0.1) is 0 Å². The zero-order valence-corrected chi connectivity index (χ0v) is 13.5. The third-order valence-electron chi connectivity index (χ3n) is 4.12. The number of rotatable bonds is 5. The zero-order valence-electron chi connectivity index (χ0n) is 13.5. The molecule has 120 valence electrons. The van der Waals surface area contributed by atoms with Crippen molar-refractivity contribution >= 4 is 11.8 Å². The standard InChI is InChI=1S/C18H26N2O2/c1-14(2)17(18(22)20-11-7-4-8-12-20)19-16(21)13-15-9-5-3-6-10-15/h3,5-6,9-10,14,17H,4,7-8,11-13H2,1-2H3,(H,19,21)/t17-/m0/s1. The zero-order chi connectivity index (χ0) is 15.9. The Labute approximate surface area is 132 Å². The SMILES string of the molecule is CC(C)[C@H](NC(=O)Cc1ccccc1)C(=O)N1CCCCC1. The van der Waals surface area contributed by atoms with Crippen molar-refractivity contribution in [1.29, 1.82) is 0 Å². The lowest BCUT2D eigenvalue weighted by Gasteiger charge is -2.32. The Hall–Kier alpha value is -1.84. The van der Waals surface area contributed by atoms with E-state index >= 15 is 0 Å². The summed E-state index contributed by atoms with van der Waals surface area (Å²) in [5.74, 6) is 0.0699. The van der Waals surface area contributed by atoms with Crippen LogP contribution in [0, 0.1) is 5.92 Å². The number of carbonyl (C=O) groups is 2. The molecule has 0 unspecified atom stereocenters. The lowest BCUT2D eigenvalue weighted by atomic mass is 10.0. The highest BCUT2D eigenvalue weighted by molar-refractivity contribution is 5.88. The molecule has 22 heavy (non-hydrogen) atoms. The fraction of sp³-hybridized carbons (Fsp3) is 0.556. The summed E-state index contributed by atoms with van der Waals surface area (Å²) in [6.07, 6.45) is 3.64. The summed E-state index contributed by atoms with van der Waals surface area (Å²) < 4.78 is 0. The second-order valence-corrected chi connectivity index (χ2v) is 6.34. The first-order chi connectivity index (χ1) is 10.6. The van der Waals surface area contributed by atoms with Crippen molar-refractivity contribution in [2.75, 3.05) is 13.1 Å². The van der Waals surface area contributed by atoms with E-state index in [1.807, 2.05) is 49.1 Å². The lowest BCUT2D eigenvalue weighted by Crippen LogP contribution is -2.52. The molecule has 2 rings (SSSR count). The molecule has 0 spiro atoms. The largest absolute Gasteiger partial charge is 0.344 e. The number of benzene rings is 1. The third-order valence-corrected chi connectivity index (χ3v) is 4.12. The van der Waals surface area contributed by atoms with Crippen LogP contribution in [-0.2, 0) is 16.0 Å². The van der Waals surface area contributed by atoms with Gasteiger partial charge in [0, 0.05) is 13.1 Å². The summed E-state index contributed by atoms with van der Waals surface area (Å²) in [6, 6.07) is 9.20. The number of piperidine rings is 1. The molecule has 1 aromatic carbocycles. The molecular weight excluding hydrogens is 276 g/mol. The monoisotopic (exact) mass is 302 g/mol. The minimum absolute atomic E-state index is 0.0658. The van der Waals surface area contributed by atoms with E-state index in [1.54, 1.807) is 0 Å². The number of carbonyl (C=O) groups excluding carboxylic acids is 2. The molecule has 4 heteroatoms. The van der Waals surface area contributed by atoms with Crippen LogP contribution in [0.2, 0.25) is 0 Å². The Morgan fingerprint density at radius 1 is 1.09 bits per heavy atom. The maximum Gasteiger partial charge on any atom is 0.245 e. The molecule has 1 aliphatic heterocycles. The highest BCUT2D eigenvalue weighted by Crippen LogP contribution is 2.13. The topological polar surface area (TPSA) is 49.4 Å². The molecule has 1 aliphatic rings. The maximum atomic E-state index is 12.6. The van der Waals surface area contributed by atoms with Gasteiger partial charge in [0.15, 0.2) is 0 Å². The summed E-state index contributed by atoms with van der Waals surface area (Å²) in [5, 5.41) is 2.93. The predicted molar refractivity (Wildman–Crippen MR) is 87.3 cm³/mol. The Kier molecular flexibility index (Phi) is 5.99. The van der Waals surface area contributed by atoms with Gasteiger partial charge in [-0.1, -0.05) is 44.2 Å². The molecular formula is C18H26N2O2. The van der Waals surface area contributed by atoms with Crippen LogP contribution in [0.1, 0.15) is 38.7 Å². The van der Waals surface area contributed by atoms with Gasteiger partial charge < -0.3 is 10.2 Å². The van der Waals surface area contributed by atoms with Crippen LogP contribution in [0.4, 0.5) is 0 Å². The minimum Gasteiger partial charge on any atom is -0.344 e. The Bertz CT molecular complexity index is 493. The molecule has 0 aliphatic carbocycles. The first kappa shape index (κ1) is 16.5. The predicted octanol–water partition coefficient (Wildman–Crippen LogP) is 2.38. The molecule has 0 aromatic heterocycles. The van der Waals surface area contributed by atoms with Crippen LogP contribution in [0.3, 0.4) is 0 Å². The summed E-state index contributed by atoms with van der Waals surface area (Å²) in [6.45, 7) is 5.60. The van der Waals surface area contributed by atoms with Crippen LogP contribution >= 0.6 is 0 Å². The highest BCUT2D eigenvalue weighted by atomic mass is 16.2. The van der Waals surface area contributed by atoms with Crippen molar-refractivity contribution in [3.63, 3.8) is 0 Å². The van der Waals surface area contributed by atoms with Crippen molar-refractivity contribution in [3.05, 3.63) is 35.9 Å². The molecule has 1 atom stereocenters. The van der Waals surface area contributed by atoms with Crippen LogP contribution in [0.5, 0.6) is 0 Å². The molecule has 1 heterocycles. The van der Waals surface area contributed by atoms with Crippen molar-refractivity contribution in [2.45, 2.75) is 45.6 Å². The quantitative estimate of drug-likeness (QED) is 0.908. The van der Waals surface area contributed by atoms with E-state index in [0.717, 1.165) is 31.5 Å². The van der Waals surface area contributed by atoms with E-state index in [0.29, 0.717) is 6.42 Å². The number of amides is 2. The molecule has 1 aromatic rings. The van der Waals surface area contributed by atoms with Crippen LogP contribution in [0.15, 0.2) is 30.3 Å². The Balaban J connectivity index is 1.95. The number of likely N-dealkylation sites (tertiary alicyclic amines) is 1. The molecule has 0 saturated carbocycles. The Morgan fingerprint density at radius 2 is 1.73 bits per heavy atom. The molecule has 2 amide bonds. The maximum absolute atomic E-state index is 12.6. The van der Waals surface area contributed by atoms with E-state index in [2.05, 4.69) is 5.32 Å². The van der Waals surface area contributed by atoms with Gasteiger partial charge in [0.1, 0.15) is 6.04 Å². The average molecular weight is 302 g/mol. The highest BCUT2D eigenvalue weighted by Gasteiger charge is 2.29. The van der Waals surface area contributed by atoms with Crippen molar-refractivity contribution in [2.24, 2.45) is 5.92 Å². The van der Waals surface area contributed by atoms with Gasteiger partial charge in [0.05, 0.1) is 6.42 Å². The molecule has 1 N–H and O–H groups in total. The first-order valence-corrected chi connectivity index (χ1v) is 8.20. The van der Waals surface area contributed by atoms with Crippen LogP contribution in [-0.4, -0.2) is 35.8 Å². The van der Waals surface area contributed by atoms with Gasteiger partial charge >= 0.3 is 0 Å². The molecule has 4 nitrogen and oxygen atoms in total. The molecule has 1 saturated heterocycles. The van der Waals surface area contributed by atoms with Gasteiger partial charge in [-0.3, -0.25) is 9.59 Å². The van der Waals surface area contributed by atoms with Gasteiger partial charge in [-0.2, -0.15) is 0 Å². The van der Waals surface area contributed by atoms with E-state index in [1.165, 1.54) is 6.42 Å². The van der Waals surface area contributed by atoms with Crippen molar-refractivity contribution in [3.8, 4) is 0 Å². The van der Waals surface area contributed by atoms with Crippen molar-refractivity contribution < 1.29 is 9.59 Å². The van der Waals surface area contributed by atoms with Gasteiger partial charge in [-0.05, 0) is 30.7 Å². The van der Waals surface area contributed by atoms with Gasteiger partial charge in [-0.25, -0.2) is 0 Å². The summed E-state index contributed by atoms with van der Waals surface area (Å²) in [5.41, 5.74) is 0.966. The fourth-order valence-corrected chi connectivity index (χ4v) is 2.83. The minimum atomic E-state index is -0.422.